The molecule has 1 aromatic heterocycles. The van der Waals surface area contributed by atoms with E-state index in [-0.39, 0.29) is 12.3 Å². The average molecular weight is 298 g/mol. The lowest BCUT2D eigenvalue weighted by molar-refractivity contribution is -0.0505. The highest BCUT2D eigenvalue weighted by Crippen LogP contribution is 2.23. The van der Waals surface area contributed by atoms with Gasteiger partial charge in [-0.15, -0.1) is 5.10 Å². The van der Waals surface area contributed by atoms with Crippen LogP contribution in [0.1, 0.15) is 17.2 Å². The zero-order chi connectivity index (χ0) is 14.8. The molecule has 5 nitrogen and oxygen atoms in total. The first-order chi connectivity index (χ1) is 10.1. The second kappa shape index (κ2) is 5.72. The van der Waals surface area contributed by atoms with E-state index in [1.54, 1.807) is 6.20 Å². The van der Waals surface area contributed by atoms with Gasteiger partial charge in [0, 0.05) is 30.8 Å². The van der Waals surface area contributed by atoms with Crippen LogP contribution >= 0.6 is 0 Å². The number of rotatable bonds is 5. The summed E-state index contributed by atoms with van der Waals surface area (Å²) in [6.07, 6.45) is 1.74. The van der Waals surface area contributed by atoms with Gasteiger partial charge in [0.1, 0.15) is 11.6 Å². The maximum absolute atomic E-state index is 13.3. The Kier molecular flexibility index (Phi) is 3.78. The first kappa shape index (κ1) is 13.9. The van der Waals surface area contributed by atoms with E-state index >= 15 is 0 Å². The highest BCUT2D eigenvalue weighted by Gasteiger charge is 2.22. The fourth-order valence-corrected chi connectivity index (χ4v) is 2.13. The van der Waals surface area contributed by atoms with Crippen LogP contribution in [0.2, 0.25) is 0 Å². The van der Waals surface area contributed by atoms with Crippen molar-refractivity contribution in [3.8, 4) is 5.75 Å². The normalized spacial score (nSPS) is 15.2. The van der Waals surface area contributed by atoms with Crippen LogP contribution < -0.4 is 10.1 Å². The molecule has 3 rings (SSSR count). The molecule has 1 aliphatic rings. The predicted octanol–water partition coefficient (Wildman–Crippen LogP) is 1.75. The quantitative estimate of drug-likeness (QED) is 0.914. The third-order valence-electron chi connectivity index (χ3n) is 3.33. The Hall–Kier alpha value is -2.09. The summed E-state index contributed by atoms with van der Waals surface area (Å²) in [5.74, 6) is -0.257. The minimum atomic E-state index is -2.96. The van der Waals surface area contributed by atoms with Crippen LogP contribution in [-0.4, -0.2) is 34.7 Å². The molecule has 0 atom stereocenters. The topological polar surface area (TPSA) is 52.0 Å². The molecule has 0 spiro atoms. The Morgan fingerprint density at radius 2 is 2.19 bits per heavy atom. The summed E-state index contributed by atoms with van der Waals surface area (Å²) < 4.78 is 43.9. The monoisotopic (exact) mass is 298 g/mol. The maximum Gasteiger partial charge on any atom is 0.387 e. The molecule has 0 amide bonds. The number of ether oxygens (including phenoxy) is 1. The van der Waals surface area contributed by atoms with Gasteiger partial charge in [-0.05, 0) is 18.2 Å². The second-order valence-corrected chi connectivity index (χ2v) is 4.83. The van der Waals surface area contributed by atoms with Crippen molar-refractivity contribution in [3.05, 3.63) is 41.5 Å². The van der Waals surface area contributed by atoms with Gasteiger partial charge in [-0.3, -0.25) is 0 Å². The van der Waals surface area contributed by atoms with Crippen molar-refractivity contribution in [1.29, 1.82) is 0 Å². The fourth-order valence-electron chi connectivity index (χ4n) is 2.13. The van der Waals surface area contributed by atoms with Gasteiger partial charge in [0.15, 0.2) is 0 Å². The van der Waals surface area contributed by atoms with Gasteiger partial charge < -0.3 is 10.1 Å². The van der Waals surface area contributed by atoms with E-state index in [2.05, 4.69) is 20.4 Å². The first-order valence-corrected chi connectivity index (χ1v) is 6.46. The summed E-state index contributed by atoms with van der Waals surface area (Å²) in [6, 6.07) is 3.42. The lowest BCUT2D eigenvalue weighted by Crippen LogP contribution is -2.40. The highest BCUT2D eigenvalue weighted by atomic mass is 19.3. The lowest BCUT2D eigenvalue weighted by Gasteiger charge is -2.24. The molecule has 0 bridgehead atoms. The molecule has 1 saturated heterocycles. The van der Waals surface area contributed by atoms with Crippen molar-refractivity contribution in [2.75, 3.05) is 13.1 Å². The summed E-state index contributed by atoms with van der Waals surface area (Å²) in [7, 11) is 0. The standard InChI is InChI=1S/C13H13F3N4O/c14-10-1-2-12(21-13(15)16)8(3-10)6-20-7-11(18-19-20)9-4-17-5-9/h1-3,7,9,13,17H,4-6H2. The molecule has 1 aromatic carbocycles. The molecule has 1 N–H and O–H groups in total. The molecule has 2 aromatic rings. The molecule has 1 aliphatic heterocycles. The Bertz CT molecular complexity index is 628. The minimum absolute atomic E-state index is 0.0613. The summed E-state index contributed by atoms with van der Waals surface area (Å²) >= 11 is 0. The Balaban J connectivity index is 1.79. The third kappa shape index (κ3) is 3.15. The van der Waals surface area contributed by atoms with Crippen molar-refractivity contribution < 1.29 is 17.9 Å². The molecule has 0 aliphatic carbocycles. The van der Waals surface area contributed by atoms with Gasteiger partial charge in [-0.25, -0.2) is 9.07 Å². The van der Waals surface area contributed by atoms with E-state index in [0.29, 0.717) is 11.5 Å². The van der Waals surface area contributed by atoms with E-state index in [9.17, 15) is 13.2 Å². The molecule has 0 saturated carbocycles. The Morgan fingerprint density at radius 3 is 2.86 bits per heavy atom. The van der Waals surface area contributed by atoms with Gasteiger partial charge in [0.2, 0.25) is 0 Å². The van der Waals surface area contributed by atoms with E-state index < -0.39 is 12.4 Å². The van der Waals surface area contributed by atoms with Crippen LogP contribution in [0.4, 0.5) is 13.2 Å². The van der Waals surface area contributed by atoms with Crippen LogP contribution in [0.5, 0.6) is 5.75 Å². The molecule has 1 fully saturated rings. The van der Waals surface area contributed by atoms with Crippen LogP contribution in [-0.2, 0) is 6.54 Å². The molecular formula is C13H13F3N4O. The van der Waals surface area contributed by atoms with Crippen LogP contribution in [0, 0.1) is 5.82 Å². The average Bonchev–Trinajstić information content (AvgIpc) is 2.78. The van der Waals surface area contributed by atoms with Gasteiger partial charge >= 0.3 is 6.61 Å². The molecule has 0 radical (unpaired) electrons. The van der Waals surface area contributed by atoms with Crippen LogP contribution in [0.15, 0.2) is 24.4 Å². The van der Waals surface area contributed by atoms with E-state index in [1.807, 2.05) is 0 Å². The number of hydrogen-bond acceptors (Lipinski definition) is 4. The first-order valence-electron chi connectivity index (χ1n) is 6.46. The number of nitrogens with zero attached hydrogens (tertiary/aromatic N) is 3. The SMILES string of the molecule is Fc1ccc(OC(F)F)c(Cn2cc(C3CNC3)nn2)c1. The van der Waals surface area contributed by atoms with E-state index in [0.717, 1.165) is 30.9 Å². The molecule has 2 heterocycles. The van der Waals surface area contributed by atoms with Crippen molar-refractivity contribution in [2.24, 2.45) is 0 Å². The van der Waals surface area contributed by atoms with E-state index in [4.69, 9.17) is 0 Å². The number of benzene rings is 1. The van der Waals surface area contributed by atoms with E-state index in [1.165, 1.54) is 10.7 Å². The predicted molar refractivity (Wildman–Crippen MR) is 67.8 cm³/mol. The lowest BCUT2D eigenvalue weighted by atomic mass is 10.0. The highest BCUT2D eigenvalue weighted by molar-refractivity contribution is 5.34. The van der Waals surface area contributed by atoms with Gasteiger partial charge in [0.05, 0.1) is 12.2 Å². The zero-order valence-electron chi connectivity index (χ0n) is 11.0. The number of alkyl halides is 2. The molecule has 0 unspecified atom stereocenters. The summed E-state index contributed by atoms with van der Waals surface area (Å²) in [5.41, 5.74) is 1.12. The number of halogens is 3. The number of hydrogen-bond donors (Lipinski definition) is 1. The second-order valence-electron chi connectivity index (χ2n) is 4.83. The van der Waals surface area contributed by atoms with Gasteiger partial charge in [-0.2, -0.15) is 8.78 Å². The summed E-state index contributed by atoms with van der Waals surface area (Å²) in [6.45, 7) is -1.15. The fraction of sp³-hybridized carbons (Fsp3) is 0.385. The maximum atomic E-state index is 13.3. The Labute approximate surface area is 118 Å². The van der Waals surface area contributed by atoms with Crippen molar-refractivity contribution in [3.63, 3.8) is 0 Å². The van der Waals surface area contributed by atoms with Crippen molar-refractivity contribution in [2.45, 2.75) is 19.1 Å². The minimum Gasteiger partial charge on any atom is -0.434 e. The molecular weight excluding hydrogens is 285 g/mol. The van der Waals surface area contributed by atoms with Crippen molar-refractivity contribution in [1.82, 2.24) is 20.3 Å². The van der Waals surface area contributed by atoms with Crippen LogP contribution in [0.3, 0.4) is 0 Å². The zero-order valence-corrected chi connectivity index (χ0v) is 11.0. The van der Waals surface area contributed by atoms with Crippen molar-refractivity contribution >= 4 is 0 Å². The van der Waals surface area contributed by atoms with Crippen LogP contribution in [0.25, 0.3) is 0 Å². The van der Waals surface area contributed by atoms with Gasteiger partial charge in [0.25, 0.3) is 0 Å². The third-order valence-corrected chi connectivity index (χ3v) is 3.33. The summed E-state index contributed by atoms with van der Waals surface area (Å²) in [4.78, 5) is 0. The molecule has 21 heavy (non-hydrogen) atoms. The Morgan fingerprint density at radius 1 is 1.38 bits per heavy atom. The number of aromatic nitrogens is 3. The molecule has 112 valence electrons. The van der Waals surface area contributed by atoms with Gasteiger partial charge in [-0.1, -0.05) is 5.21 Å². The number of nitrogens with one attached hydrogen (secondary N) is 1. The summed E-state index contributed by atoms with van der Waals surface area (Å²) in [5, 5.41) is 11.1. The molecule has 8 heteroatoms. The smallest absolute Gasteiger partial charge is 0.387 e. The largest absolute Gasteiger partial charge is 0.434 e.